The predicted octanol–water partition coefficient (Wildman–Crippen LogP) is 4.79. The van der Waals surface area contributed by atoms with Crippen LogP contribution in [0.5, 0.6) is 0 Å². The Labute approximate surface area is 122 Å². The molecule has 0 bridgehead atoms. The van der Waals surface area contributed by atoms with Gasteiger partial charge in [-0.2, -0.15) is 0 Å². The van der Waals surface area contributed by atoms with Gasteiger partial charge in [-0.05, 0) is 30.9 Å². The SMILES string of the molecule is CCCCCCC(N)(CC)Cc1c[nH]c2ccccc12. The van der Waals surface area contributed by atoms with E-state index in [9.17, 15) is 0 Å². The third-order valence-electron chi connectivity index (χ3n) is 4.45. The normalized spacial score (nSPS) is 14.6. The lowest BCUT2D eigenvalue weighted by Crippen LogP contribution is -2.41. The lowest BCUT2D eigenvalue weighted by atomic mass is 9.84. The van der Waals surface area contributed by atoms with Crippen LogP contribution in [0.1, 0.15) is 57.9 Å². The molecule has 2 heteroatoms. The highest BCUT2D eigenvalue weighted by atomic mass is 14.7. The fourth-order valence-electron chi connectivity index (χ4n) is 2.95. The number of hydrogen-bond donors (Lipinski definition) is 2. The third kappa shape index (κ3) is 3.63. The van der Waals surface area contributed by atoms with Crippen molar-refractivity contribution >= 4 is 10.9 Å². The summed E-state index contributed by atoms with van der Waals surface area (Å²) in [6.07, 6.45) is 10.4. The second-order valence-electron chi connectivity index (χ2n) is 6.06. The zero-order valence-corrected chi connectivity index (χ0v) is 12.9. The highest BCUT2D eigenvalue weighted by molar-refractivity contribution is 5.83. The highest BCUT2D eigenvalue weighted by Crippen LogP contribution is 2.26. The average Bonchev–Trinajstić information content (AvgIpc) is 2.87. The number of aromatic nitrogens is 1. The molecule has 3 N–H and O–H groups in total. The van der Waals surface area contributed by atoms with Crippen LogP contribution in [0.15, 0.2) is 30.5 Å². The fraction of sp³-hybridized carbons (Fsp3) is 0.556. The number of nitrogens with one attached hydrogen (secondary N) is 1. The molecular formula is C18H28N2. The maximum Gasteiger partial charge on any atom is 0.0456 e. The third-order valence-corrected chi connectivity index (χ3v) is 4.45. The number of benzene rings is 1. The number of fused-ring (bicyclic) bond motifs is 1. The number of nitrogens with two attached hydrogens (primary N) is 1. The van der Waals surface area contributed by atoms with E-state index in [1.165, 1.54) is 42.1 Å². The van der Waals surface area contributed by atoms with Crippen LogP contribution in [-0.2, 0) is 6.42 Å². The van der Waals surface area contributed by atoms with E-state index < -0.39 is 0 Å². The molecule has 20 heavy (non-hydrogen) atoms. The summed E-state index contributed by atoms with van der Waals surface area (Å²) < 4.78 is 0. The van der Waals surface area contributed by atoms with Crippen LogP contribution < -0.4 is 5.73 Å². The van der Waals surface area contributed by atoms with Gasteiger partial charge in [0.1, 0.15) is 0 Å². The lowest BCUT2D eigenvalue weighted by Gasteiger charge is -2.28. The Morgan fingerprint density at radius 2 is 1.90 bits per heavy atom. The molecule has 2 rings (SSSR count). The molecule has 0 radical (unpaired) electrons. The van der Waals surface area contributed by atoms with Crippen LogP contribution in [0.2, 0.25) is 0 Å². The van der Waals surface area contributed by atoms with Crippen LogP contribution in [0.3, 0.4) is 0 Å². The molecule has 1 unspecified atom stereocenters. The van der Waals surface area contributed by atoms with Gasteiger partial charge in [0.25, 0.3) is 0 Å². The van der Waals surface area contributed by atoms with Gasteiger partial charge in [0.2, 0.25) is 0 Å². The van der Waals surface area contributed by atoms with Gasteiger partial charge in [0.05, 0.1) is 0 Å². The van der Waals surface area contributed by atoms with Crippen LogP contribution in [0, 0.1) is 0 Å². The molecule has 1 atom stereocenters. The van der Waals surface area contributed by atoms with E-state index in [0.717, 1.165) is 19.3 Å². The number of unbranched alkanes of at least 4 members (excludes halogenated alkanes) is 3. The van der Waals surface area contributed by atoms with E-state index in [-0.39, 0.29) is 5.54 Å². The Hall–Kier alpha value is -1.28. The van der Waals surface area contributed by atoms with Crippen molar-refractivity contribution in [2.75, 3.05) is 0 Å². The maximum absolute atomic E-state index is 6.65. The summed E-state index contributed by atoms with van der Waals surface area (Å²) in [6, 6.07) is 8.49. The first-order valence-corrected chi connectivity index (χ1v) is 8.02. The first kappa shape index (κ1) is 15.1. The van der Waals surface area contributed by atoms with Gasteiger partial charge in [0.15, 0.2) is 0 Å². The molecule has 110 valence electrons. The van der Waals surface area contributed by atoms with E-state index >= 15 is 0 Å². The van der Waals surface area contributed by atoms with Gasteiger partial charge in [-0.15, -0.1) is 0 Å². The quantitative estimate of drug-likeness (QED) is 0.667. The molecule has 0 aliphatic heterocycles. The predicted molar refractivity (Wildman–Crippen MR) is 88.0 cm³/mol. The second-order valence-corrected chi connectivity index (χ2v) is 6.06. The molecule has 0 fully saturated rings. The summed E-state index contributed by atoms with van der Waals surface area (Å²) in [5.41, 5.74) is 9.17. The van der Waals surface area contributed by atoms with Gasteiger partial charge in [-0.1, -0.05) is 57.7 Å². The summed E-state index contributed by atoms with van der Waals surface area (Å²) in [4.78, 5) is 3.36. The van der Waals surface area contributed by atoms with Crippen LogP contribution >= 0.6 is 0 Å². The van der Waals surface area contributed by atoms with Crippen molar-refractivity contribution in [1.82, 2.24) is 4.98 Å². The minimum Gasteiger partial charge on any atom is -0.361 e. The van der Waals surface area contributed by atoms with E-state index in [1.54, 1.807) is 0 Å². The summed E-state index contributed by atoms with van der Waals surface area (Å²) in [7, 11) is 0. The van der Waals surface area contributed by atoms with Crippen LogP contribution in [-0.4, -0.2) is 10.5 Å². The lowest BCUT2D eigenvalue weighted by molar-refractivity contribution is 0.361. The molecular weight excluding hydrogens is 244 g/mol. The molecule has 0 aliphatic carbocycles. The standard InChI is InChI=1S/C18H28N2/c1-3-5-6-9-12-18(19,4-2)13-15-14-20-17-11-8-7-10-16(15)17/h7-8,10-11,14,20H,3-6,9,12-13,19H2,1-2H3. The second kappa shape index (κ2) is 6.94. The number of para-hydroxylation sites is 1. The Balaban J connectivity index is 2.05. The Bertz CT molecular complexity index is 529. The summed E-state index contributed by atoms with van der Waals surface area (Å²) in [5.74, 6) is 0. The van der Waals surface area contributed by atoms with Crippen LogP contribution in [0.4, 0.5) is 0 Å². The fourth-order valence-corrected chi connectivity index (χ4v) is 2.95. The molecule has 1 aromatic carbocycles. The summed E-state index contributed by atoms with van der Waals surface area (Å²) in [5, 5.41) is 1.32. The van der Waals surface area contributed by atoms with E-state index in [2.05, 4.69) is 49.3 Å². The molecule has 0 amide bonds. The first-order valence-electron chi connectivity index (χ1n) is 8.02. The minimum absolute atomic E-state index is 0.0568. The van der Waals surface area contributed by atoms with Gasteiger partial charge in [-0.25, -0.2) is 0 Å². The number of rotatable bonds is 8. The van der Waals surface area contributed by atoms with E-state index in [0.29, 0.717) is 0 Å². The van der Waals surface area contributed by atoms with Gasteiger partial charge < -0.3 is 10.7 Å². The van der Waals surface area contributed by atoms with E-state index in [1.807, 2.05) is 0 Å². The van der Waals surface area contributed by atoms with E-state index in [4.69, 9.17) is 5.73 Å². The van der Waals surface area contributed by atoms with Gasteiger partial charge >= 0.3 is 0 Å². The Kier molecular flexibility index (Phi) is 5.24. The van der Waals surface area contributed by atoms with Crippen molar-refractivity contribution in [2.45, 2.75) is 64.3 Å². The molecule has 1 heterocycles. The number of aromatic amines is 1. The van der Waals surface area contributed by atoms with Crippen molar-refractivity contribution in [3.63, 3.8) is 0 Å². The van der Waals surface area contributed by atoms with Crippen molar-refractivity contribution in [3.05, 3.63) is 36.0 Å². The zero-order valence-electron chi connectivity index (χ0n) is 12.9. The van der Waals surface area contributed by atoms with Crippen molar-refractivity contribution in [2.24, 2.45) is 5.73 Å². The van der Waals surface area contributed by atoms with Crippen molar-refractivity contribution in [3.8, 4) is 0 Å². The van der Waals surface area contributed by atoms with Crippen molar-refractivity contribution < 1.29 is 0 Å². The summed E-state index contributed by atoms with van der Waals surface area (Å²) >= 11 is 0. The number of H-pyrrole nitrogens is 1. The molecule has 0 saturated heterocycles. The first-order chi connectivity index (χ1) is 9.68. The highest BCUT2D eigenvalue weighted by Gasteiger charge is 2.23. The minimum atomic E-state index is -0.0568. The molecule has 1 aromatic heterocycles. The maximum atomic E-state index is 6.65. The molecule has 0 aliphatic rings. The zero-order chi connectivity index (χ0) is 14.4. The largest absolute Gasteiger partial charge is 0.361 e. The monoisotopic (exact) mass is 272 g/mol. The topological polar surface area (TPSA) is 41.8 Å². The Morgan fingerprint density at radius 1 is 1.10 bits per heavy atom. The van der Waals surface area contributed by atoms with Crippen LogP contribution in [0.25, 0.3) is 10.9 Å². The molecule has 2 nitrogen and oxygen atoms in total. The van der Waals surface area contributed by atoms with Gasteiger partial charge in [0, 0.05) is 22.6 Å². The smallest absolute Gasteiger partial charge is 0.0456 e. The van der Waals surface area contributed by atoms with Crippen molar-refractivity contribution in [1.29, 1.82) is 0 Å². The number of hydrogen-bond acceptors (Lipinski definition) is 1. The Morgan fingerprint density at radius 3 is 2.65 bits per heavy atom. The molecule has 0 spiro atoms. The molecule has 2 aromatic rings. The average molecular weight is 272 g/mol. The molecule has 0 saturated carbocycles. The summed E-state index contributed by atoms with van der Waals surface area (Å²) in [6.45, 7) is 4.47. The van der Waals surface area contributed by atoms with Gasteiger partial charge in [-0.3, -0.25) is 0 Å².